The highest BCUT2D eigenvalue weighted by Gasteiger charge is 2.25. The van der Waals surface area contributed by atoms with E-state index in [0.717, 1.165) is 31.2 Å². The molecule has 1 aromatic heterocycles. The first kappa shape index (κ1) is 18.3. The van der Waals surface area contributed by atoms with Gasteiger partial charge < -0.3 is 10.1 Å². The average Bonchev–Trinajstić information content (AvgIpc) is 2.53. The number of pyridine rings is 1. The van der Waals surface area contributed by atoms with Crippen LogP contribution in [0.3, 0.4) is 0 Å². The van der Waals surface area contributed by atoms with Crippen LogP contribution in [0.5, 0.6) is 0 Å². The topological polar surface area (TPSA) is 72.5 Å². The number of carbonyl (C=O) groups excluding carboxylic acids is 1. The van der Waals surface area contributed by atoms with E-state index in [1.54, 1.807) is 12.4 Å². The second-order valence-corrected chi connectivity index (χ2v) is 7.06. The van der Waals surface area contributed by atoms with E-state index in [1.165, 1.54) is 0 Å². The molecule has 1 aliphatic carbocycles. The highest BCUT2D eigenvalue weighted by atomic mass is 16.7. The summed E-state index contributed by atoms with van der Waals surface area (Å²) in [7, 11) is 0. The molecule has 0 aromatic carbocycles. The van der Waals surface area contributed by atoms with E-state index in [2.05, 4.69) is 22.4 Å². The van der Waals surface area contributed by atoms with Gasteiger partial charge in [-0.15, -0.1) is 0 Å². The molecule has 0 aliphatic heterocycles. The molecular formula is C18H27N3O3. The summed E-state index contributed by atoms with van der Waals surface area (Å²) in [6.45, 7) is 9.53. The van der Waals surface area contributed by atoms with Gasteiger partial charge in [0.25, 0.3) is 0 Å². The summed E-state index contributed by atoms with van der Waals surface area (Å²) in [6, 6.07) is 3.92. The summed E-state index contributed by atoms with van der Waals surface area (Å²) < 4.78 is 5.28. The Bertz CT molecular complexity index is 546. The zero-order valence-electron chi connectivity index (χ0n) is 14.7. The fourth-order valence-electron chi connectivity index (χ4n) is 2.55. The zero-order valence-corrected chi connectivity index (χ0v) is 14.7. The first-order chi connectivity index (χ1) is 11.3. The van der Waals surface area contributed by atoms with Gasteiger partial charge in [0.2, 0.25) is 0 Å². The van der Waals surface area contributed by atoms with E-state index < -0.39 is 5.60 Å². The summed E-state index contributed by atoms with van der Waals surface area (Å²) in [6.07, 6.45) is 6.68. The van der Waals surface area contributed by atoms with Gasteiger partial charge in [0.05, 0.1) is 11.8 Å². The van der Waals surface area contributed by atoms with Gasteiger partial charge in [-0.25, -0.2) is 4.79 Å². The summed E-state index contributed by atoms with van der Waals surface area (Å²) in [4.78, 5) is 21.6. The summed E-state index contributed by atoms with van der Waals surface area (Å²) in [5.41, 5.74) is 4.03. The van der Waals surface area contributed by atoms with Crippen molar-refractivity contribution in [1.82, 2.24) is 15.8 Å². The van der Waals surface area contributed by atoms with E-state index in [-0.39, 0.29) is 18.2 Å². The third kappa shape index (κ3) is 6.20. The van der Waals surface area contributed by atoms with E-state index in [9.17, 15) is 4.79 Å². The second-order valence-electron chi connectivity index (χ2n) is 7.06. The molecule has 1 heterocycles. The van der Waals surface area contributed by atoms with Crippen LogP contribution in [-0.4, -0.2) is 28.8 Å². The third-order valence-electron chi connectivity index (χ3n) is 3.75. The Morgan fingerprint density at radius 3 is 2.58 bits per heavy atom. The predicted octanol–water partition coefficient (Wildman–Crippen LogP) is 3.41. The Morgan fingerprint density at radius 2 is 2.00 bits per heavy atom. The maximum absolute atomic E-state index is 11.8. The van der Waals surface area contributed by atoms with Gasteiger partial charge in [-0.2, -0.15) is 0 Å². The number of rotatable bonds is 5. The quantitative estimate of drug-likeness (QED) is 0.808. The molecule has 24 heavy (non-hydrogen) atoms. The van der Waals surface area contributed by atoms with Crippen LogP contribution in [0.25, 0.3) is 5.70 Å². The van der Waals surface area contributed by atoms with Gasteiger partial charge >= 0.3 is 6.09 Å². The molecule has 0 spiro atoms. The van der Waals surface area contributed by atoms with Crippen molar-refractivity contribution in [1.29, 1.82) is 0 Å². The molecule has 2 rings (SSSR count). The van der Waals surface area contributed by atoms with Gasteiger partial charge in [0, 0.05) is 24.0 Å². The van der Waals surface area contributed by atoms with E-state index in [4.69, 9.17) is 9.57 Å². The molecular weight excluding hydrogens is 306 g/mol. The van der Waals surface area contributed by atoms with Crippen LogP contribution in [0.15, 0.2) is 31.1 Å². The summed E-state index contributed by atoms with van der Waals surface area (Å²) in [5, 5.41) is 2.92. The fourth-order valence-corrected chi connectivity index (χ4v) is 2.55. The van der Waals surface area contributed by atoms with E-state index >= 15 is 0 Å². The van der Waals surface area contributed by atoms with Crippen molar-refractivity contribution in [2.24, 2.45) is 0 Å². The maximum Gasteiger partial charge on any atom is 0.407 e. The lowest BCUT2D eigenvalue weighted by Crippen LogP contribution is -2.42. The molecule has 1 saturated carbocycles. The van der Waals surface area contributed by atoms with Crippen LogP contribution >= 0.6 is 0 Å². The van der Waals surface area contributed by atoms with Crippen molar-refractivity contribution in [2.75, 3.05) is 0 Å². The molecule has 0 saturated heterocycles. The molecule has 6 nitrogen and oxygen atoms in total. The molecule has 1 aromatic rings. The van der Waals surface area contributed by atoms with Crippen LogP contribution in [0.1, 0.15) is 52.0 Å². The van der Waals surface area contributed by atoms with Gasteiger partial charge in [0.1, 0.15) is 5.60 Å². The van der Waals surface area contributed by atoms with Crippen LogP contribution in [0.2, 0.25) is 0 Å². The monoisotopic (exact) mass is 333 g/mol. The molecule has 0 unspecified atom stereocenters. The maximum atomic E-state index is 11.8. The number of nitrogens with one attached hydrogen (secondary N) is 2. The second kappa shape index (κ2) is 8.15. The molecule has 6 heteroatoms. The Balaban J connectivity index is 1.68. The van der Waals surface area contributed by atoms with Crippen molar-refractivity contribution >= 4 is 11.8 Å². The SMILES string of the molecule is C=C(NOC1CCC(NC(=O)OC(C)(C)C)CC1)c1cccnc1. The number of carbonyl (C=O) groups is 1. The number of nitrogens with zero attached hydrogens (tertiary/aromatic N) is 1. The zero-order chi connectivity index (χ0) is 17.6. The van der Waals surface area contributed by atoms with Crippen molar-refractivity contribution in [3.63, 3.8) is 0 Å². The van der Waals surface area contributed by atoms with Gasteiger partial charge in [0.15, 0.2) is 0 Å². The molecule has 1 aliphatic rings. The Labute approximate surface area is 143 Å². The van der Waals surface area contributed by atoms with Crippen LogP contribution in [0, 0.1) is 0 Å². The van der Waals surface area contributed by atoms with Crippen LogP contribution in [0.4, 0.5) is 4.79 Å². The Morgan fingerprint density at radius 1 is 1.29 bits per heavy atom. The number of amides is 1. The minimum absolute atomic E-state index is 0.107. The van der Waals surface area contributed by atoms with Crippen LogP contribution < -0.4 is 10.8 Å². The first-order valence-corrected chi connectivity index (χ1v) is 8.34. The third-order valence-corrected chi connectivity index (χ3v) is 3.75. The van der Waals surface area contributed by atoms with E-state index in [1.807, 2.05) is 32.9 Å². The molecule has 0 radical (unpaired) electrons. The number of aromatic nitrogens is 1. The molecule has 132 valence electrons. The van der Waals surface area contributed by atoms with Gasteiger partial charge in [-0.05, 0) is 58.6 Å². The predicted molar refractivity (Wildman–Crippen MR) is 92.9 cm³/mol. The molecule has 0 bridgehead atoms. The van der Waals surface area contributed by atoms with Crippen molar-refractivity contribution < 1.29 is 14.4 Å². The lowest BCUT2D eigenvalue weighted by Gasteiger charge is -2.30. The number of ether oxygens (including phenoxy) is 1. The van der Waals surface area contributed by atoms with E-state index in [0.29, 0.717) is 5.70 Å². The lowest BCUT2D eigenvalue weighted by molar-refractivity contribution is -0.0206. The summed E-state index contributed by atoms with van der Waals surface area (Å²) in [5.74, 6) is 0. The fraction of sp³-hybridized carbons (Fsp3) is 0.556. The van der Waals surface area contributed by atoms with Gasteiger partial charge in [-0.3, -0.25) is 15.3 Å². The number of hydrogen-bond donors (Lipinski definition) is 2. The van der Waals surface area contributed by atoms with Gasteiger partial charge in [-0.1, -0.05) is 6.58 Å². The summed E-state index contributed by atoms with van der Waals surface area (Å²) >= 11 is 0. The van der Waals surface area contributed by atoms with Crippen molar-refractivity contribution in [3.8, 4) is 0 Å². The molecule has 0 atom stereocenters. The largest absolute Gasteiger partial charge is 0.444 e. The first-order valence-electron chi connectivity index (χ1n) is 8.34. The average molecular weight is 333 g/mol. The highest BCUT2D eigenvalue weighted by molar-refractivity contribution is 5.68. The molecule has 1 fully saturated rings. The number of hydroxylamine groups is 1. The smallest absolute Gasteiger partial charge is 0.407 e. The van der Waals surface area contributed by atoms with Crippen molar-refractivity contribution in [2.45, 2.75) is 64.2 Å². The minimum Gasteiger partial charge on any atom is -0.444 e. The highest BCUT2D eigenvalue weighted by Crippen LogP contribution is 2.22. The lowest BCUT2D eigenvalue weighted by atomic mass is 9.93. The Hall–Kier alpha value is -2.08. The molecule has 2 N–H and O–H groups in total. The Kier molecular flexibility index (Phi) is 6.20. The van der Waals surface area contributed by atoms with Crippen molar-refractivity contribution in [3.05, 3.63) is 36.7 Å². The minimum atomic E-state index is -0.471. The number of alkyl carbamates (subject to hydrolysis) is 1. The molecule has 1 amide bonds. The van der Waals surface area contributed by atoms with Crippen LogP contribution in [-0.2, 0) is 9.57 Å². The number of hydrogen-bond acceptors (Lipinski definition) is 5. The normalized spacial score (nSPS) is 21.0. The standard InChI is InChI=1S/C18H27N3O3/c1-13(14-6-5-11-19-12-14)21-24-16-9-7-15(8-10-16)20-17(22)23-18(2,3)4/h5-6,11-12,15-16,21H,1,7-10H2,2-4H3,(H,20,22).